The highest BCUT2D eigenvalue weighted by molar-refractivity contribution is 6.21. The zero-order valence-electron chi connectivity index (χ0n) is 9.16. The van der Waals surface area contributed by atoms with Crippen molar-refractivity contribution in [1.82, 2.24) is 9.55 Å². The van der Waals surface area contributed by atoms with Crippen molar-refractivity contribution in [2.45, 2.75) is 19.3 Å². The summed E-state index contributed by atoms with van der Waals surface area (Å²) in [5, 5.41) is 3.24. The summed E-state index contributed by atoms with van der Waals surface area (Å²) in [5.41, 5.74) is 4.26. The van der Waals surface area contributed by atoms with Crippen molar-refractivity contribution < 1.29 is 0 Å². The molecule has 1 N–H and O–H groups in total. The molecule has 0 radical (unpaired) electrons. The van der Waals surface area contributed by atoms with E-state index in [1.807, 2.05) is 13.1 Å². The smallest absolute Gasteiger partial charge is 0.161 e. The van der Waals surface area contributed by atoms with Gasteiger partial charge in [-0.2, -0.15) is 0 Å². The number of hydrogen-bond donors (Lipinski definition) is 1. The van der Waals surface area contributed by atoms with Crippen molar-refractivity contribution in [1.29, 1.82) is 0 Å². The molecule has 3 nitrogen and oxygen atoms in total. The van der Waals surface area contributed by atoms with Gasteiger partial charge in [-0.25, -0.2) is 4.98 Å². The van der Waals surface area contributed by atoms with Crippen LogP contribution in [0.1, 0.15) is 22.6 Å². The van der Waals surface area contributed by atoms with Gasteiger partial charge >= 0.3 is 0 Å². The lowest BCUT2D eigenvalue weighted by Gasteiger charge is -2.25. The molecule has 82 valence electrons. The van der Waals surface area contributed by atoms with Gasteiger partial charge in [0, 0.05) is 11.9 Å². The number of benzene rings is 1. The summed E-state index contributed by atoms with van der Waals surface area (Å²) in [6.45, 7) is 4.12. The van der Waals surface area contributed by atoms with E-state index in [2.05, 4.69) is 40.0 Å². The van der Waals surface area contributed by atoms with Crippen molar-refractivity contribution in [3.05, 3.63) is 41.5 Å². The predicted octanol–water partition coefficient (Wildman–Crippen LogP) is 3.15. The SMILES string of the molecule is Cc1ccc2c(c1)-n1c(C)cnc1C(Cl)N2. The molecule has 0 amide bonds. The minimum absolute atomic E-state index is 0.260. The fourth-order valence-corrected chi connectivity index (χ4v) is 2.37. The van der Waals surface area contributed by atoms with Crippen molar-refractivity contribution in [2.24, 2.45) is 0 Å². The summed E-state index contributed by atoms with van der Waals surface area (Å²) >= 11 is 6.23. The number of aromatic nitrogens is 2. The Hall–Kier alpha value is -1.48. The molecule has 0 bridgehead atoms. The van der Waals surface area contributed by atoms with Gasteiger partial charge in [0.25, 0.3) is 0 Å². The van der Waals surface area contributed by atoms with Crippen LogP contribution in [0.5, 0.6) is 0 Å². The number of aryl methyl sites for hydroxylation is 2. The molecule has 1 atom stereocenters. The fraction of sp³-hybridized carbons (Fsp3) is 0.250. The lowest BCUT2D eigenvalue weighted by atomic mass is 10.1. The van der Waals surface area contributed by atoms with Crippen LogP contribution in [0.25, 0.3) is 5.69 Å². The predicted molar refractivity (Wildman–Crippen MR) is 65.3 cm³/mol. The molecule has 1 aromatic heterocycles. The van der Waals surface area contributed by atoms with Crippen LogP contribution < -0.4 is 5.32 Å². The van der Waals surface area contributed by atoms with Crippen molar-refractivity contribution >= 4 is 17.3 Å². The molecule has 0 saturated heterocycles. The molecule has 16 heavy (non-hydrogen) atoms. The molecule has 4 heteroatoms. The first-order chi connectivity index (χ1) is 7.66. The third-order valence-corrected chi connectivity index (χ3v) is 3.17. The number of anilines is 1. The van der Waals surface area contributed by atoms with E-state index >= 15 is 0 Å². The van der Waals surface area contributed by atoms with Gasteiger partial charge in [-0.15, -0.1) is 0 Å². The minimum atomic E-state index is -0.260. The minimum Gasteiger partial charge on any atom is -0.361 e. The Kier molecular flexibility index (Phi) is 1.98. The van der Waals surface area contributed by atoms with E-state index in [0.29, 0.717) is 0 Å². The number of nitrogens with one attached hydrogen (secondary N) is 1. The highest BCUT2D eigenvalue weighted by atomic mass is 35.5. The molecule has 0 saturated carbocycles. The molecular weight excluding hydrogens is 222 g/mol. The van der Waals surface area contributed by atoms with Gasteiger partial charge in [-0.3, -0.25) is 4.57 Å². The van der Waals surface area contributed by atoms with E-state index in [1.54, 1.807) is 0 Å². The second kappa shape index (κ2) is 3.25. The van der Waals surface area contributed by atoms with Crippen molar-refractivity contribution in [3.8, 4) is 5.69 Å². The zero-order chi connectivity index (χ0) is 11.3. The molecule has 2 heterocycles. The topological polar surface area (TPSA) is 29.9 Å². The van der Waals surface area contributed by atoms with Crippen molar-refractivity contribution in [2.75, 3.05) is 5.32 Å². The molecule has 1 aliphatic heterocycles. The Morgan fingerprint density at radius 1 is 1.38 bits per heavy atom. The van der Waals surface area contributed by atoms with Gasteiger partial charge in [0.05, 0.1) is 11.4 Å². The van der Waals surface area contributed by atoms with Crippen LogP contribution in [0.3, 0.4) is 0 Å². The lowest BCUT2D eigenvalue weighted by Crippen LogP contribution is -2.19. The zero-order valence-corrected chi connectivity index (χ0v) is 9.92. The first-order valence-corrected chi connectivity index (χ1v) is 5.66. The number of rotatable bonds is 0. The lowest BCUT2D eigenvalue weighted by molar-refractivity contribution is 0.829. The molecule has 2 aromatic rings. The molecule has 0 spiro atoms. The van der Waals surface area contributed by atoms with E-state index in [1.165, 1.54) is 5.56 Å². The van der Waals surface area contributed by atoms with Gasteiger partial charge in [-0.1, -0.05) is 17.7 Å². The largest absolute Gasteiger partial charge is 0.361 e. The number of alkyl halides is 1. The van der Waals surface area contributed by atoms with Crippen LogP contribution >= 0.6 is 11.6 Å². The molecule has 3 rings (SSSR count). The maximum Gasteiger partial charge on any atom is 0.161 e. The maximum absolute atomic E-state index is 6.23. The summed E-state index contributed by atoms with van der Waals surface area (Å²) in [6.07, 6.45) is 1.85. The van der Waals surface area contributed by atoms with Crippen LogP contribution in [0.2, 0.25) is 0 Å². The van der Waals surface area contributed by atoms with Crippen LogP contribution in [0.15, 0.2) is 24.4 Å². The standard InChI is InChI=1S/C12H12ClN3/c1-7-3-4-9-10(5-7)16-8(2)6-14-12(16)11(13)15-9/h3-6,11,15H,1-2H3. The number of halogens is 1. The second-order valence-electron chi connectivity index (χ2n) is 4.12. The molecule has 1 aromatic carbocycles. The van der Waals surface area contributed by atoms with Gasteiger partial charge in [0.1, 0.15) is 0 Å². The van der Waals surface area contributed by atoms with E-state index < -0.39 is 0 Å². The van der Waals surface area contributed by atoms with Crippen LogP contribution in [-0.2, 0) is 0 Å². The average Bonchev–Trinajstić information content (AvgIpc) is 2.63. The highest BCUT2D eigenvalue weighted by Crippen LogP contribution is 2.35. The van der Waals surface area contributed by atoms with E-state index in [-0.39, 0.29) is 5.50 Å². The quantitative estimate of drug-likeness (QED) is 0.560. The van der Waals surface area contributed by atoms with E-state index in [4.69, 9.17) is 11.6 Å². The normalized spacial score (nSPS) is 17.6. The molecular formula is C12H12ClN3. The average molecular weight is 234 g/mol. The molecule has 1 unspecified atom stereocenters. The molecule has 0 aliphatic carbocycles. The number of nitrogens with zero attached hydrogens (tertiary/aromatic N) is 2. The molecule has 1 aliphatic rings. The summed E-state index contributed by atoms with van der Waals surface area (Å²) in [6, 6.07) is 6.28. The van der Waals surface area contributed by atoms with Crippen molar-refractivity contribution in [3.63, 3.8) is 0 Å². The number of hydrogen-bond acceptors (Lipinski definition) is 2. The van der Waals surface area contributed by atoms with Crippen LogP contribution in [0, 0.1) is 13.8 Å². The van der Waals surface area contributed by atoms with E-state index in [9.17, 15) is 0 Å². The van der Waals surface area contributed by atoms with Gasteiger partial charge in [-0.05, 0) is 31.5 Å². The summed E-state index contributed by atoms with van der Waals surface area (Å²) in [4.78, 5) is 4.33. The Balaban J connectivity index is 2.32. The summed E-state index contributed by atoms with van der Waals surface area (Å²) in [7, 11) is 0. The van der Waals surface area contributed by atoms with Crippen LogP contribution in [-0.4, -0.2) is 9.55 Å². The second-order valence-corrected chi connectivity index (χ2v) is 4.56. The number of imidazole rings is 1. The monoisotopic (exact) mass is 233 g/mol. The molecule has 0 fully saturated rings. The Morgan fingerprint density at radius 2 is 2.19 bits per heavy atom. The van der Waals surface area contributed by atoms with Gasteiger partial charge in [0.2, 0.25) is 0 Å². The highest BCUT2D eigenvalue weighted by Gasteiger charge is 2.24. The van der Waals surface area contributed by atoms with Gasteiger partial charge in [0.15, 0.2) is 11.3 Å². The summed E-state index contributed by atoms with van der Waals surface area (Å²) < 4.78 is 2.11. The Labute approximate surface area is 99.1 Å². The fourth-order valence-electron chi connectivity index (χ4n) is 2.10. The summed E-state index contributed by atoms with van der Waals surface area (Å²) in [5.74, 6) is 0.859. The Bertz CT molecular complexity index is 559. The van der Waals surface area contributed by atoms with E-state index in [0.717, 1.165) is 22.9 Å². The first-order valence-electron chi connectivity index (χ1n) is 5.22. The number of fused-ring (bicyclic) bond motifs is 3. The van der Waals surface area contributed by atoms with Gasteiger partial charge < -0.3 is 5.32 Å². The first kappa shape index (κ1) is 9.73. The Morgan fingerprint density at radius 3 is 3.00 bits per heavy atom. The maximum atomic E-state index is 6.23. The van der Waals surface area contributed by atoms with Crippen LogP contribution in [0.4, 0.5) is 5.69 Å². The third kappa shape index (κ3) is 1.25. The third-order valence-electron chi connectivity index (χ3n) is 2.87.